The molecule has 0 radical (unpaired) electrons. The van der Waals surface area contributed by atoms with Gasteiger partial charge >= 0.3 is 0 Å². The average molecular weight is 302 g/mol. The minimum absolute atomic E-state index is 0.0524. The van der Waals surface area contributed by atoms with Gasteiger partial charge in [-0.25, -0.2) is 0 Å². The van der Waals surface area contributed by atoms with Gasteiger partial charge in [0.05, 0.1) is 18.6 Å². The molecule has 5 nitrogen and oxygen atoms in total. The molecule has 1 spiro atoms. The van der Waals surface area contributed by atoms with Crippen LogP contribution >= 0.6 is 0 Å². The van der Waals surface area contributed by atoms with Gasteiger partial charge in [0, 0.05) is 30.3 Å². The zero-order chi connectivity index (χ0) is 15.5. The highest BCUT2D eigenvalue weighted by Crippen LogP contribution is 2.56. The first-order chi connectivity index (χ1) is 10.5. The van der Waals surface area contributed by atoms with Crippen molar-refractivity contribution < 1.29 is 14.6 Å². The van der Waals surface area contributed by atoms with E-state index in [0.717, 1.165) is 36.5 Å². The molecule has 22 heavy (non-hydrogen) atoms. The van der Waals surface area contributed by atoms with Crippen molar-refractivity contribution in [2.24, 2.45) is 0 Å². The highest BCUT2D eigenvalue weighted by molar-refractivity contribution is 5.69. The summed E-state index contributed by atoms with van der Waals surface area (Å²) in [5.41, 5.74) is 9.18. The number of nitrogens with two attached hydrogens (primary N) is 1. The highest BCUT2D eigenvalue weighted by Gasteiger charge is 2.53. The Morgan fingerprint density at radius 1 is 1.50 bits per heavy atom. The van der Waals surface area contributed by atoms with Crippen LogP contribution in [0.1, 0.15) is 24.0 Å². The van der Waals surface area contributed by atoms with Crippen LogP contribution in [0, 0.1) is 0 Å². The van der Waals surface area contributed by atoms with Crippen molar-refractivity contribution >= 4 is 5.69 Å². The third-order valence-electron chi connectivity index (χ3n) is 5.31. The third kappa shape index (κ3) is 1.72. The summed E-state index contributed by atoms with van der Waals surface area (Å²) in [7, 11) is 3.76. The fourth-order valence-corrected chi connectivity index (χ4v) is 4.16. The van der Waals surface area contributed by atoms with Crippen LogP contribution in [0.3, 0.4) is 0 Å². The van der Waals surface area contributed by atoms with Gasteiger partial charge in [-0.3, -0.25) is 0 Å². The third-order valence-corrected chi connectivity index (χ3v) is 5.31. The molecule has 0 saturated carbocycles. The van der Waals surface area contributed by atoms with Crippen LogP contribution in [0.2, 0.25) is 0 Å². The Kier molecular flexibility index (Phi) is 2.93. The Morgan fingerprint density at radius 3 is 3.09 bits per heavy atom. The van der Waals surface area contributed by atoms with Gasteiger partial charge in [0.1, 0.15) is 6.10 Å². The number of methoxy groups -OCH3 is 1. The number of hydrogen-bond donors (Lipinski definition) is 2. The molecule has 4 rings (SSSR count). The van der Waals surface area contributed by atoms with E-state index in [1.54, 1.807) is 7.11 Å². The Labute approximate surface area is 130 Å². The minimum atomic E-state index is -0.447. The molecule has 0 bridgehead atoms. The van der Waals surface area contributed by atoms with E-state index >= 15 is 0 Å². The summed E-state index contributed by atoms with van der Waals surface area (Å²) in [5.74, 6) is 1.50. The number of aliphatic hydroxyl groups is 1. The molecule has 3 N–H and O–H groups in total. The number of benzene rings is 1. The first kappa shape index (κ1) is 13.9. The SMILES string of the molecule is COc1cc(N)c2c3c1O[C@H]1C[C@@H](O)C=C[C@@]31CCN(C)C2. The van der Waals surface area contributed by atoms with Crippen LogP contribution in [0.4, 0.5) is 5.69 Å². The largest absolute Gasteiger partial charge is 0.493 e. The summed E-state index contributed by atoms with van der Waals surface area (Å²) in [6, 6.07) is 1.86. The molecule has 1 aromatic rings. The lowest BCUT2D eigenvalue weighted by atomic mass is 9.69. The van der Waals surface area contributed by atoms with Gasteiger partial charge < -0.3 is 25.2 Å². The molecule has 1 aliphatic carbocycles. The normalized spacial score (nSPS) is 32.9. The van der Waals surface area contributed by atoms with Crippen LogP contribution in [-0.2, 0) is 12.0 Å². The zero-order valence-electron chi connectivity index (χ0n) is 13.0. The first-order valence-electron chi connectivity index (χ1n) is 7.77. The van der Waals surface area contributed by atoms with Crippen molar-refractivity contribution in [3.63, 3.8) is 0 Å². The molecule has 2 heterocycles. The van der Waals surface area contributed by atoms with Gasteiger partial charge in [-0.1, -0.05) is 12.2 Å². The Balaban J connectivity index is 2.00. The topological polar surface area (TPSA) is 68.0 Å². The molecule has 0 unspecified atom stereocenters. The Morgan fingerprint density at radius 2 is 2.32 bits per heavy atom. The maximum Gasteiger partial charge on any atom is 0.166 e. The van der Waals surface area contributed by atoms with E-state index in [9.17, 15) is 5.11 Å². The van der Waals surface area contributed by atoms with Crippen molar-refractivity contribution in [3.05, 3.63) is 29.3 Å². The Hall–Kier alpha value is -1.72. The predicted octanol–water partition coefficient (Wildman–Crippen LogP) is 1.43. The van der Waals surface area contributed by atoms with E-state index in [0.29, 0.717) is 12.2 Å². The second-order valence-electron chi connectivity index (χ2n) is 6.65. The second-order valence-corrected chi connectivity index (χ2v) is 6.65. The summed E-state index contributed by atoms with van der Waals surface area (Å²) in [6.45, 7) is 1.78. The zero-order valence-corrected chi connectivity index (χ0v) is 13.0. The number of ether oxygens (including phenoxy) is 2. The van der Waals surface area contributed by atoms with Crippen molar-refractivity contribution in [3.8, 4) is 11.5 Å². The summed E-state index contributed by atoms with van der Waals surface area (Å²) >= 11 is 0. The molecule has 3 atom stereocenters. The lowest BCUT2D eigenvalue weighted by molar-refractivity contribution is 0.0822. The summed E-state index contributed by atoms with van der Waals surface area (Å²) in [6.07, 6.45) is 5.11. The fraction of sp³-hybridized carbons (Fsp3) is 0.529. The maximum absolute atomic E-state index is 10.0. The van der Waals surface area contributed by atoms with Gasteiger partial charge in [-0.05, 0) is 25.6 Å². The van der Waals surface area contributed by atoms with E-state index < -0.39 is 6.10 Å². The molecule has 5 heteroatoms. The Bertz CT molecular complexity index is 658. The number of hydrogen-bond acceptors (Lipinski definition) is 5. The second kappa shape index (κ2) is 4.64. The molecular weight excluding hydrogens is 280 g/mol. The molecule has 1 aromatic carbocycles. The van der Waals surface area contributed by atoms with Crippen molar-refractivity contribution in [2.45, 2.75) is 37.0 Å². The monoisotopic (exact) mass is 302 g/mol. The van der Waals surface area contributed by atoms with Gasteiger partial charge in [-0.2, -0.15) is 0 Å². The first-order valence-corrected chi connectivity index (χ1v) is 7.77. The van der Waals surface area contributed by atoms with E-state index in [1.807, 2.05) is 12.1 Å². The summed E-state index contributed by atoms with van der Waals surface area (Å²) < 4.78 is 11.8. The number of nitrogen functional groups attached to an aromatic ring is 1. The standard InChI is InChI=1S/C17H22N2O3/c1-19-6-5-17-4-3-10(20)7-14(17)22-16-13(21-2)8-12(18)11(9-19)15(16)17/h3-4,8,10,14,20H,5-7,9,18H2,1-2H3/t10-,14-,17-/m0/s1. The van der Waals surface area contributed by atoms with Crippen molar-refractivity contribution in [1.82, 2.24) is 4.90 Å². The number of anilines is 1. The summed E-state index contributed by atoms with van der Waals surface area (Å²) in [5, 5.41) is 10.0. The molecule has 3 aliphatic rings. The van der Waals surface area contributed by atoms with E-state index in [-0.39, 0.29) is 11.5 Å². The predicted molar refractivity (Wildman–Crippen MR) is 84.2 cm³/mol. The quantitative estimate of drug-likeness (QED) is 0.607. The molecule has 0 amide bonds. The van der Waals surface area contributed by atoms with E-state index in [4.69, 9.17) is 15.2 Å². The smallest absolute Gasteiger partial charge is 0.166 e. The van der Waals surface area contributed by atoms with Gasteiger partial charge in [-0.15, -0.1) is 0 Å². The van der Waals surface area contributed by atoms with Crippen LogP contribution in [0.25, 0.3) is 0 Å². The minimum Gasteiger partial charge on any atom is -0.493 e. The van der Waals surface area contributed by atoms with E-state index in [2.05, 4.69) is 18.0 Å². The van der Waals surface area contributed by atoms with Gasteiger partial charge in [0.2, 0.25) is 0 Å². The van der Waals surface area contributed by atoms with Crippen LogP contribution in [-0.4, -0.2) is 42.9 Å². The van der Waals surface area contributed by atoms with Gasteiger partial charge in [0.25, 0.3) is 0 Å². The number of rotatable bonds is 1. The summed E-state index contributed by atoms with van der Waals surface area (Å²) in [4.78, 5) is 2.29. The fourth-order valence-electron chi connectivity index (χ4n) is 4.16. The number of aliphatic hydroxyl groups excluding tert-OH is 1. The lowest BCUT2D eigenvalue weighted by Gasteiger charge is -2.35. The molecule has 0 fully saturated rings. The molecule has 0 saturated heterocycles. The van der Waals surface area contributed by atoms with Gasteiger partial charge in [0.15, 0.2) is 11.5 Å². The van der Waals surface area contributed by atoms with Crippen LogP contribution < -0.4 is 15.2 Å². The lowest BCUT2D eigenvalue weighted by Crippen LogP contribution is -2.42. The molecule has 118 valence electrons. The maximum atomic E-state index is 10.0. The molecule has 2 aliphatic heterocycles. The van der Waals surface area contributed by atoms with Crippen molar-refractivity contribution in [2.75, 3.05) is 26.4 Å². The average Bonchev–Trinajstić information content (AvgIpc) is 2.74. The molecule has 0 aromatic heterocycles. The number of nitrogens with zero attached hydrogens (tertiary/aromatic N) is 1. The molecular formula is C17H22N2O3. The highest BCUT2D eigenvalue weighted by atomic mass is 16.5. The van der Waals surface area contributed by atoms with Crippen molar-refractivity contribution in [1.29, 1.82) is 0 Å². The van der Waals surface area contributed by atoms with Crippen LogP contribution in [0.5, 0.6) is 11.5 Å². The van der Waals surface area contributed by atoms with E-state index in [1.165, 1.54) is 5.56 Å². The van der Waals surface area contributed by atoms with Crippen LogP contribution in [0.15, 0.2) is 18.2 Å².